The van der Waals surface area contributed by atoms with Crippen LogP contribution >= 0.6 is 11.3 Å². The molecule has 3 heterocycles. The summed E-state index contributed by atoms with van der Waals surface area (Å²) in [6.07, 6.45) is -2.45. The Morgan fingerprint density at radius 3 is 2.88 bits per heavy atom. The van der Waals surface area contributed by atoms with Crippen LogP contribution in [-0.2, 0) is 6.18 Å². The molecule has 1 N–H and O–H groups in total. The average molecular weight is 355 g/mol. The van der Waals surface area contributed by atoms with Gasteiger partial charge >= 0.3 is 6.18 Å². The summed E-state index contributed by atoms with van der Waals surface area (Å²) in [6, 6.07) is 4.54. The number of nitrogens with zero attached hydrogens (tertiary/aromatic N) is 4. The topological polar surface area (TPSA) is 72.2 Å². The normalized spacial score (nSPS) is 13.2. The number of pyridine rings is 1. The number of rotatable bonds is 4. The Morgan fingerprint density at radius 2 is 2.21 bits per heavy atom. The number of aromatic nitrogens is 4. The van der Waals surface area contributed by atoms with Gasteiger partial charge in [-0.05, 0) is 18.6 Å². The summed E-state index contributed by atoms with van der Waals surface area (Å²) in [6.45, 7) is 1.75. The van der Waals surface area contributed by atoms with Crippen molar-refractivity contribution in [2.24, 2.45) is 0 Å². The van der Waals surface area contributed by atoms with E-state index in [9.17, 15) is 18.0 Å². The highest BCUT2D eigenvalue weighted by molar-refractivity contribution is 7.09. The smallest absolute Gasteiger partial charge is 0.341 e. The Kier molecular flexibility index (Phi) is 4.22. The van der Waals surface area contributed by atoms with Crippen molar-refractivity contribution in [3.8, 4) is 0 Å². The van der Waals surface area contributed by atoms with E-state index in [2.05, 4.69) is 20.6 Å². The second kappa shape index (κ2) is 6.19. The molecule has 10 heteroatoms. The number of thiazole rings is 1. The van der Waals surface area contributed by atoms with E-state index in [1.807, 2.05) is 0 Å². The van der Waals surface area contributed by atoms with E-state index in [0.717, 1.165) is 16.7 Å². The van der Waals surface area contributed by atoms with Gasteiger partial charge in [0.1, 0.15) is 5.01 Å². The summed E-state index contributed by atoms with van der Waals surface area (Å²) in [4.78, 5) is 16.0. The van der Waals surface area contributed by atoms with Gasteiger partial charge in [0.05, 0.1) is 11.6 Å². The fourth-order valence-electron chi connectivity index (χ4n) is 2.15. The van der Waals surface area contributed by atoms with Gasteiger partial charge in [-0.2, -0.15) is 13.2 Å². The molecule has 1 amide bonds. The number of alkyl halides is 3. The standard InChI is InChI=1S/C14H12F3N5OS/c1-2-8(13-19-10(7-24-13)14(15,16)17)18-12(23)11-9-5-3-4-6-22(9)21-20-11/h3-8H,2H2,1H3,(H,18,23). The van der Waals surface area contributed by atoms with Crippen LogP contribution in [0.15, 0.2) is 29.8 Å². The number of amides is 1. The zero-order chi connectivity index (χ0) is 17.3. The summed E-state index contributed by atoms with van der Waals surface area (Å²) in [5.41, 5.74) is -0.328. The zero-order valence-electron chi connectivity index (χ0n) is 12.4. The average Bonchev–Trinajstić information content (AvgIpc) is 3.18. The molecule has 0 radical (unpaired) electrons. The Balaban J connectivity index is 1.82. The maximum absolute atomic E-state index is 12.7. The van der Waals surface area contributed by atoms with Crippen LogP contribution in [0.1, 0.15) is 40.6 Å². The van der Waals surface area contributed by atoms with E-state index in [0.29, 0.717) is 11.9 Å². The maximum atomic E-state index is 12.7. The molecule has 3 rings (SSSR count). The largest absolute Gasteiger partial charge is 0.434 e. The van der Waals surface area contributed by atoms with Crippen molar-refractivity contribution in [1.29, 1.82) is 0 Å². The third kappa shape index (κ3) is 3.09. The molecular formula is C14H12F3N5OS. The molecule has 3 aromatic rings. The molecule has 6 nitrogen and oxygen atoms in total. The number of hydrogen-bond acceptors (Lipinski definition) is 5. The molecule has 126 valence electrons. The van der Waals surface area contributed by atoms with Gasteiger partial charge in [0.25, 0.3) is 5.91 Å². The van der Waals surface area contributed by atoms with E-state index in [-0.39, 0.29) is 10.7 Å². The van der Waals surface area contributed by atoms with Crippen LogP contribution in [0.5, 0.6) is 0 Å². The fourth-order valence-corrected chi connectivity index (χ4v) is 3.11. The quantitative estimate of drug-likeness (QED) is 0.781. The third-order valence-electron chi connectivity index (χ3n) is 3.36. The van der Waals surface area contributed by atoms with Crippen molar-refractivity contribution in [3.05, 3.63) is 46.2 Å². The zero-order valence-corrected chi connectivity index (χ0v) is 13.2. The van der Waals surface area contributed by atoms with Crippen molar-refractivity contribution in [2.75, 3.05) is 0 Å². The van der Waals surface area contributed by atoms with Crippen LogP contribution in [0, 0.1) is 0 Å². The van der Waals surface area contributed by atoms with Gasteiger partial charge < -0.3 is 5.32 Å². The van der Waals surface area contributed by atoms with Crippen molar-refractivity contribution in [2.45, 2.75) is 25.6 Å². The lowest BCUT2D eigenvalue weighted by molar-refractivity contribution is -0.140. The second-order valence-corrected chi connectivity index (χ2v) is 5.86. The number of nitrogens with one attached hydrogen (secondary N) is 1. The van der Waals surface area contributed by atoms with Crippen LogP contribution in [0.3, 0.4) is 0 Å². The monoisotopic (exact) mass is 355 g/mol. The van der Waals surface area contributed by atoms with E-state index < -0.39 is 23.8 Å². The van der Waals surface area contributed by atoms with Gasteiger partial charge in [0.15, 0.2) is 11.4 Å². The van der Waals surface area contributed by atoms with E-state index in [4.69, 9.17) is 0 Å². The van der Waals surface area contributed by atoms with Crippen LogP contribution in [-0.4, -0.2) is 25.7 Å². The minimum absolute atomic E-state index is 0.113. The molecule has 0 saturated carbocycles. The maximum Gasteiger partial charge on any atom is 0.434 e. The van der Waals surface area contributed by atoms with Crippen LogP contribution in [0.2, 0.25) is 0 Å². The van der Waals surface area contributed by atoms with E-state index >= 15 is 0 Å². The van der Waals surface area contributed by atoms with Crippen LogP contribution in [0.4, 0.5) is 13.2 Å². The molecule has 0 aliphatic heterocycles. The highest BCUT2D eigenvalue weighted by Gasteiger charge is 2.34. The van der Waals surface area contributed by atoms with E-state index in [1.54, 1.807) is 31.3 Å². The summed E-state index contributed by atoms with van der Waals surface area (Å²) in [5, 5.41) is 11.5. The number of carbonyl (C=O) groups is 1. The lowest BCUT2D eigenvalue weighted by atomic mass is 10.2. The highest BCUT2D eigenvalue weighted by atomic mass is 32.1. The number of hydrogen-bond donors (Lipinski definition) is 1. The molecule has 0 aromatic carbocycles. The van der Waals surface area contributed by atoms with Crippen LogP contribution in [0.25, 0.3) is 5.52 Å². The van der Waals surface area contributed by atoms with Gasteiger partial charge in [-0.3, -0.25) is 4.79 Å². The van der Waals surface area contributed by atoms with E-state index in [1.165, 1.54) is 4.52 Å². The minimum atomic E-state index is -4.50. The molecule has 0 aliphatic carbocycles. The fraction of sp³-hybridized carbons (Fsp3) is 0.286. The first kappa shape index (κ1) is 16.4. The summed E-state index contributed by atoms with van der Waals surface area (Å²) >= 11 is 0.865. The first-order valence-corrected chi connectivity index (χ1v) is 7.91. The Morgan fingerprint density at radius 1 is 1.42 bits per heavy atom. The van der Waals surface area contributed by atoms with Gasteiger partial charge in [-0.15, -0.1) is 16.4 Å². The Hall–Kier alpha value is -2.49. The molecule has 1 atom stereocenters. The molecule has 1 unspecified atom stereocenters. The molecule has 0 aliphatic rings. The lowest BCUT2D eigenvalue weighted by Crippen LogP contribution is -2.28. The molecule has 0 spiro atoms. The van der Waals surface area contributed by atoms with Gasteiger partial charge in [0, 0.05) is 11.6 Å². The van der Waals surface area contributed by atoms with Crippen LogP contribution < -0.4 is 5.32 Å². The summed E-state index contributed by atoms with van der Waals surface area (Å²) in [5.74, 6) is -0.508. The predicted molar refractivity (Wildman–Crippen MR) is 80.6 cm³/mol. The first-order valence-electron chi connectivity index (χ1n) is 7.03. The number of fused-ring (bicyclic) bond motifs is 1. The molecule has 0 bridgehead atoms. The number of halogens is 3. The SMILES string of the molecule is CCC(NC(=O)c1nnn2ccccc12)c1nc(C(F)(F)F)cs1. The highest BCUT2D eigenvalue weighted by Crippen LogP contribution is 2.32. The van der Waals surface area contributed by atoms with Crippen molar-refractivity contribution >= 4 is 22.8 Å². The Labute approximate surface area is 138 Å². The molecule has 24 heavy (non-hydrogen) atoms. The summed E-state index contributed by atoms with van der Waals surface area (Å²) in [7, 11) is 0. The second-order valence-electron chi connectivity index (χ2n) is 4.97. The summed E-state index contributed by atoms with van der Waals surface area (Å²) < 4.78 is 39.4. The lowest BCUT2D eigenvalue weighted by Gasteiger charge is -2.13. The van der Waals surface area contributed by atoms with Gasteiger partial charge in [-0.1, -0.05) is 18.2 Å². The Bertz CT molecular complexity index is 873. The molecule has 3 aromatic heterocycles. The minimum Gasteiger partial charge on any atom is -0.341 e. The number of carbonyl (C=O) groups excluding carboxylic acids is 1. The molecular weight excluding hydrogens is 343 g/mol. The van der Waals surface area contributed by atoms with Gasteiger partial charge in [-0.25, -0.2) is 9.50 Å². The van der Waals surface area contributed by atoms with Crippen molar-refractivity contribution < 1.29 is 18.0 Å². The van der Waals surface area contributed by atoms with Crippen molar-refractivity contribution in [1.82, 2.24) is 25.1 Å². The predicted octanol–water partition coefficient (Wildman–Crippen LogP) is 3.09. The van der Waals surface area contributed by atoms with Crippen molar-refractivity contribution in [3.63, 3.8) is 0 Å². The third-order valence-corrected chi connectivity index (χ3v) is 4.32. The molecule has 0 saturated heterocycles. The first-order chi connectivity index (χ1) is 11.4. The molecule has 0 fully saturated rings. The van der Waals surface area contributed by atoms with Gasteiger partial charge in [0.2, 0.25) is 0 Å².